The molecule has 0 fully saturated rings. The first-order valence-corrected chi connectivity index (χ1v) is 11.4. The van der Waals surface area contributed by atoms with Crippen LogP contribution in [0.25, 0.3) is 0 Å². The maximum atomic E-state index is 13.1. The van der Waals surface area contributed by atoms with Gasteiger partial charge in [0.2, 0.25) is 10.0 Å². The summed E-state index contributed by atoms with van der Waals surface area (Å²) in [4.78, 5) is 0.00610. The molecule has 0 N–H and O–H groups in total. The van der Waals surface area contributed by atoms with E-state index in [1.54, 1.807) is 26.0 Å². The van der Waals surface area contributed by atoms with Crippen molar-refractivity contribution in [3.05, 3.63) is 59.9 Å². The molecule has 0 saturated heterocycles. The zero-order valence-corrected chi connectivity index (χ0v) is 16.9. The zero-order chi connectivity index (χ0) is 20.2. The van der Waals surface area contributed by atoms with Crippen LogP contribution in [0.2, 0.25) is 0 Å². The molecule has 27 heavy (non-hydrogen) atoms. The highest BCUT2D eigenvalue weighted by Gasteiger charge is 2.27. The van der Waals surface area contributed by atoms with Gasteiger partial charge in [-0.25, -0.2) is 12.8 Å². The SMILES string of the molecule is CCS(=O)(=O)Oc1ccc(CN(C(C)C)S(=O)(=O)c2ccc(F)cc2)cc1. The summed E-state index contributed by atoms with van der Waals surface area (Å²) in [7, 11) is -7.44. The normalized spacial score (nSPS) is 12.5. The topological polar surface area (TPSA) is 80.8 Å². The minimum atomic E-state index is -3.82. The van der Waals surface area contributed by atoms with Gasteiger partial charge in [-0.1, -0.05) is 12.1 Å². The molecule has 2 aromatic carbocycles. The van der Waals surface area contributed by atoms with Crippen molar-refractivity contribution in [2.24, 2.45) is 0 Å². The third kappa shape index (κ3) is 5.50. The highest BCUT2D eigenvalue weighted by molar-refractivity contribution is 7.89. The van der Waals surface area contributed by atoms with Crippen molar-refractivity contribution in [3.8, 4) is 5.75 Å². The Balaban J connectivity index is 2.25. The number of hydrogen-bond acceptors (Lipinski definition) is 5. The summed E-state index contributed by atoms with van der Waals surface area (Å²) in [5, 5.41) is 0. The van der Waals surface area contributed by atoms with Crippen LogP contribution in [0, 0.1) is 5.82 Å². The van der Waals surface area contributed by atoms with Crippen molar-refractivity contribution in [1.29, 1.82) is 0 Å². The van der Waals surface area contributed by atoms with E-state index in [9.17, 15) is 21.2 Å². The maximum absolute atomic E-state index is 13.1. The minimum absolute atomic E-state index is 0.00610. The zero-order valence-electron chi connectivity index (χ0n) is 15.3. The molecule has 0 spiro atoms. The van der Waals surface area contributed by atoms with Crippen LogP contribution in [0.3, 0.4) is 0 Å². The lowest BCUT2D eigenvalue weighted by atomic mass is 10.2. The Kier molecular flexibility index (Phi) is 6.61. The van der Waals surface area contributed by atoms with Gasteiger partial charge in [-0.05, 0) is 62.7 Å². The van der Waals surface area contributed by atoms with Gasteiger partial charge < -0.3 is 4.18 Å². The van der Waals surface area contributed by atoms with Gasteiger partial charge in [-0.2, -0.15) is 12.7 Å². The second kappa shape index (κ2) is 8.37. The van der Waals surface area contributed by atoms with Crippen molar-refractivity contribution in [3.63, 3.8) is 0 Å². The first kappa shape index (κ1) is 21.3. The minimum Gasteiger partial charge on any atom is -0.382 e. The number of benzene rings is 2. The van der Waals surface area contributed by atoms with E-state index in [1.807, 2.05) is 0 Å². The summed E-state index contributed by atoms with van der Waals surface area (Å²) in [6.07, 6.45) is 0. The second-order valence-electron chi connectivity index (χ2n) is 6.17. The number of sulfonamides is 1. The lowest BCUT2D eigenvalue weighted by Gasteiger charge is -2.26. The van der Waals surface area contributed by atoms with E-state index in [1.165, 1.54) is 35.5 Å². The molecule has 0 radical (unpaired) electrons. The van der Waals surface area contributed by atoms with Gasteiger partial charge in [0.15, 0.2) is 0 Å². The number of halogens is 1. The average Bonchev–Trinajstić information content (AvgIpc) is 2.60. The smallest absolute Gasteiger partial charge is 0.308 e. The predicted molar refractivity (Wildman–Crippen MR) is 101 cm³/mol. The van der Waals surface area contributed by atoms with Gasteiger partial charge in [0.1, 0.15) is 11.6 Å². The standard InChI is InChI=1S/C18H22FNO5S2/c1-4-26(21,22)25-17-9-5-15(6-10-17)13-20(14(2)3)27(23,24)18-11-7-16(19)8-12-18/h5-12,14H,4,13H2,1-3H3. The quantitative estimate of drug-likeness (QED) is 0.619. The predicted octanol–water partition coefficient (Wildman–Crippen LogP) is 3.15. The van der Waals surface area contributed by atoms with Crippen molar-refractivity contribution < 1.29 is 25.4 Å². The fourth-order valence-electron chi connectivity index (χ4n) is 2.32. The van der Waals surface area contributed by atoms with Gasteiger partial charge in [0, 0.05) is 12.6 Å². The van der Waals surface area contributed by atoms with Gasteiger partial charge >= 0.3 is 10.1 Å². The molecule has 9 heteroatoms. The van der Waals surface area contributed by atoms with E-state index in [0.29, 0.717) is 5.56 Å². The van der Waals surface area contributed by atoms with Crippen molar-refractivity contribution in [1.82, 2.24) is 4.31 Å². The summed E-state index contributed by atoms with van der Waals surface area (Å²) in [5.74, 6) is -0.494. The second-order valence-corrected chi connectivity index (χ2v) is 9.92. The molecule has 0 aliphatic heterocycles. The van der Waals surface area contributed by atoms with Crippen LogP contribution in [0.15, 0.2) is 53.4 Å². The van der Waals surface area contributed by atoms with Crippen LogP contribution in [0.5, 0.6) is 5.75 Å². The Morgan fingerprint density at radius 1 is 0.963 bits per heavy atom. The summed E-state index contributed by atoms with van der Waals surface area (Å²) < 4.78 is 68.1. The molecule has 0 heterocycles. The summed E-state index contributed by atoms with van der Waals surface area (Å²) in [5.41, 5.74) is 0.663. The van der Waals surface area contributed by atoms with Crippen LogP contribution in [0.4, 0.5) is 4.39 Å². The monoisotopic (exact) mass is 415 g/mol. The third-order valence-corrected chi connectivity index (χ3v) is 7.02. The highest BCUT2D eigenvalue weighted by atomic mass is 32.2. The fourth-order valence-corrected chi connectivity index (χ4v) is 4.47. The Labute approximate surface area is 159 Å². The molecular weight excluding hydrogens is 393 g/mol. The largest absolute Gasteiger partial charge is 0.382 e. The summed E-state index contributed by atoms with van der Waals surface area (Å²) in [6.45, 7) is 5.04. The molecule has 0 bridgehead atoms. The molecule has 0 atom stereocenters. The van der Waals surface area contributed by atoms with E-state index in [2.05, 4.69) is 0 Å². The first-order valence-electron chi connectivity index (χ1n) is 8.33. The molecule has 148 valence electrons. The molecule has 2 rings (SSSR count). The molecule has 0 unspecified atom stereocenters. The van der Waals surface area contributed by atoms with Crippen LogP contribution >= 0.6 is 0 Å². The van der Waals surface area contributed by atoms with E-state index < -0.39 is 26.0 Å². The van der Waals surface area contributed by atoms with Crippen LogP contribution < -0.4 is 4.18 Å². The van der Waals surface area contributed by atoms with Crippen molar-refractivity contribution >= 4 is 20.1 Å². The Morgan fingerprint density at radius 3 is 2.00 bits per heavy atom. The molecular formula is C18H22FNO5S2. The molecule has 6 nitrogen and oxygen atoms in total. The molecule has 0 aliphatic carbocycles. The number of nitrogens with zero attached hydrogens (tertiary/aromatic N) is 1. The number of hydrogen-bond donors (Lipinski definition) is 0. The van der Waals surface area contributed by atoms with Gasteiger partial charge in [0.05, 0.1) is 10.6 Å². The highest BCUT2D eigenvalue weighted by Crippen LogP contribution is 2.23. The number of rotatable bonds is 8. The summed E-state index contributed by atoms with van der Waals surface area (Å²) in [6, 6.07) is 10.5. The Hall–Kier alpha value is -1.97. The van der Waals surface area contributed by atoms with Crippen LogP contribution in [0.1, 0.15) is 26.3 Å². The molecule has 0 saturated carbocycles. The van der Waals surface area contributed by atoms with E-state index in [4.69, 9.17) is 4.18 Å². The fraction of sp³-hybridized carbons (Fsp3) is 0.333. The Morgan fingerprint density at radius 2 is 1.52 bits per heavy atom. The van der Waals surface area contributed by atoms with Gasteiger partial charge in [-0.3, -0.25) is 0 Å². The van der Waals surface area contributed by atoms with E-state index >= 15 is 0 Å². The average molecular weight is 416 g/mol. The van der Waals surface area contributed by atoms with Gasteiger partial charge in [-0.15, -0.1) is 0 Å². The summed E-state index contributed by atoms with van der Waals surface area (Å²) >= 11 is 0. The van der Waals surface area contributed by atoms with Gasteiger partial charge in [0.25, 0.3) is 0 Å². The molecule has 0 amide bonds. The molecule has 0 aliphatic rings. The molecule has 0 aromatic heterocycles. The van der Waals surface area contributed by atoms with Crippen molar-refractivity contribution in [2.45, 2.75) is 38.3 Å². The van der Waals surface area contributed by atoms with Crippen LogP contribution in [-0.4, -0.2) is 32.9 Å². The van der Waals surface area contributed by atoms with Crippen LogP contribution in [-0.2, 0) is 26.7 Å². The lowest BCUT2D eigenvalue weighted by molar-refractivity contribution is 0.348. The molecule has 2 aromatic rings. The van der Waals surface area contributed by atoms with E-state index in [-0.39, 0.29) is 29.0 Å². The Bertz CT molecular complexity index is 969. The van der Waals surface area contributed by atoms with Crippen molar-refractivity contribution in [2.75, 3.05) is 5.75 Å². The maximum Gasteiger partial charge on any atom is 0.308 e. The first-order chi connectivity index (χ1) is 12.5. The third-order valence-electron chi connectivity index (χ3n) is 3.83. The lowest BCUT2D eigenvalue weighted by Crippen LogP contribution is -2.36. The van der Waals surface area contributed by atoms with E-state index in [0.717, 1.165) is 12.1 Å².